The van der Waals surface area contributed by atoms with E-state index < -0.39 is 0 Å². The van der Waals surface area contributed by atoms with Crippen LogP contribution in [0.2, 0.25) is 0 Å². The van der Waals surface area contributed by atoms with Crippen LogP contribution in [0, 0.1) is 0 Å². The molecule has 4 N–H and O–H groups in total. The number of carbonyl (C=O) groups excluding carboxylic acids is 1. The van der Waals surface area contributed by atoms with E-state index in [4.69, 9.17) is 5.73 Å². The van der Waals surface area contributed by atoms with Gasteiger partial charge in [0.2, 0.25) is 0 Å². The molecule has 2 unspecified atom stereocenters. The van der Waals surface area contributed by atoms with Crippen LogP contribution in [0.15, 0.2) is 18.2 Å². The summed E-state index contributed by atoms with van der Waals surface area (Å²) in [5.74, 6) is -0.115. The number of nitrogen functional groups attached to an aromatic ring is 1. The van der Waals surface area contributed by atoms with Crippen molar-refractivity contribution in [3.05, 3.63) is 23.8 Å². The zero-order chi connectivity index (χ0) is 15.4. The van der Waals surface area contributed by atoms with E-state index in [1.807, 2.05) is 24.9 Å². The van der Waals surface area contributed by atoms with Crippen LogP contribution in [0.1, 0.15) is 43.0 Å². The molecule has 1 aliphatic carbocycles. The van der Waals surface area contributed by atoms with Crippen molar-refractivity contribution < 1.29 is 9.90 Å². The number of nitrogens with two attached hydrogens (primary N) is 1. The molecule has 21 heavy (non-hydrogen) atoms. The van der Waals surface area contributed by atoms with Crippen molar-refractivity contribution >= 4 is 17.3 Å². The predicted octanol–water partition coefficient (Wildman–Crippen LogP) is 1.76. The normalized spacial score (nSPS) is 21.9. The molecule has 0 heterocycles. The van der Waals surface area contributed by atoms with E-state index in [-0.39, 0.29) is 18.1 Å². The number of carbonyl (C=O) groups is 1. The van der Waals surface area contributed by atoms with Crippen LogP contribution in [-0.2, 0) is 0 Å². The Morgan fingerprint density at radius 2 is 2.14 bits per heavy atom. The number of hydrogen-bond donors (Lipinski definition) is 3. The van der Waals surface area contributed by atoms with E-state index in [0.717, 1.165) is 31.4 Å². The Hall–Kier alpha value is -1.75. The molecule has 1 aromatic carbocycles. The number of hydrogen-bond acceptors (Lipinski definition) is 4. The summed E-state index contributed by atoms with van der Waals surface area (Å²) in [6.45, 7) is 2.47. The second kappa shape index (κ2) is 6.80. The highest BCUT2D eigenvalue weighted by Crippen LogP contribution is 2.30. The van der Waals surface area contributed by atoms with E-state index >= 15 is 0 Å². The molecule has 2 rings (SSSR count). The van der Waals surface area contributed by atoms with Gasteiger partial charge in [-0.15, -0.1) is 0 Å². The molecule has 0 aromatic heterocycles. The molecule has 1 fully saturated rings. The Labute approximate surface area is 126 Å². The van der Waals surface area contributed by atoms with Crippen molar-refractivity contribution in [2.45, 2.75) is 44.8 Å². The average molecular weight is 291 g/mol. The van der Waals surface area contributed by atoms with Crippen LogP contribution in [0.5, 0.6) is 0 Å². The molecule has 0 spiro atoms. The summed E-state index contributed by atoms with van der Waals surface area (Å²) in [7, 11) is 1.96. The highest BCUT2D eigenvalue weighted by atomic mass is 16.3. The van der Waals surface area contributed by atoms with Gasteiger partial charge in [-0.1, -0.05) is 12.8 Å². The Morgan fingerprint density at radius 1 is 1.43 bits per heavy atom. The molecular weight excluding hydrogens is 266 g/mol. The van der Waals surface area contributed by atoms with E-state index in [9.17, 15) is 9.90 Å². The maximum absolute atomic E-state index is 11.8. The molecule has 1 amide bonds. The zero-order valence-corrected chi connectivity index (χ0v) is 12.8. The number of anilines is 2. The van der Waals surface area contributed by atoms with Crippen LogP contribution in [0.4, 0.5) is 11.4 Å². The molecule has 0 aliphatic heterocycles. The van der Waals surface area contributed by atoms with Gasteiger partial charge in [0.1, 0.15) is 0 Å². The van der Waals surface area contributed by atoms with Gasteiger partial charge in [-0.2, -0.15) is 0 Å². The number of aliphatic hydroxyl groups is 1. The van der Waals surface area contributed by atoms with Crippen molar-refractivity contribution in [1.82, 2.24) is 5.32 Å². The topological polar surface area (TPSA) is 78.6 Å². The first-order valence-corrected chi connectivity index (χ1v) is 7.63. The minimum absolute atomic E-state index is 0.0939. The van der Waals surface area contributed by atoms with E-state index in [1.165, 1.54) is 0 Å². The highest BCUT2D eigenvalue weighted by Gasteiger charge is 2.27. The molecule has 5 heteroatoms. The standard InChI is InChI=1S/C16H25N3O2/c1-3-18-16(21)11-8-9-13(12(17)10-11)19(2)14-6-4-5-7-15(14)20/h8-10,14-15,20H,3-7,17H2,1-2H3,(H,18,21). The molecule has 0 saturated heterocycles. The maximum atomic E-state index is 11.8. The van der Waals surface area contributed by atoms with Crippen molar-refractivity contribution in [3.63, 3.8) is 0 Å². The van der Waals surface area contributed by atoms with Gasteiger partial charge < -0.3 is 21.1 Å². The number of amides is 1. The quantitative estimate of drug-likeness (QED) is 0.739. The summed E-state index contributed by atoms with van der Waals surface area (Å²) in [6.07, 6.45) is 3.70. The van der Waals surface area contributed by atoms with Gasteiger partial charge in [-0.05, 0) is 38.0 Å². The van der Waals surface area contributed by atoms with Crippen molar-refractivity contribution in [1.29, 1.82) is 0 Å². The van der Waals surface area contributed by atoms with Gasteiger partial charge in [0.15, 0.2) is 0 Å². The molecular formula is C16H25N3O2. The zero-order valence-electron chi connectivity index (χ0n) is 12.8. The molecule has 116 valence electrons. The predicted molar refractivity (Wildman–Crippen MR) is 85.5 cm³/mol. The maximum Gasteiger partial charge on any atom is 0.251 e. The third-order valence-corrected chi connectivity index (χ3v) is 4.20. The van der Waals surface area contributed by atoms with Crippen LogP contribution >= 0.6 is 0 Å². The largest absolute Gasteiger partial charge is 0.397 e. The Kier molecular flexibility index (Phi) is 5.07. The smallest absolute Gasteiger partial charge is 0.251 e. The molecule has 1 saturated carbocycles. The van der Waals surface area contributed by atoms with Crippen LogP contribution in [0.3, 0.4) is 0 Å². The van der Waals surface area contributed by atoms with Crippen LogP contribution in [0.25, 0.3) is 0 Å². The van der Waals surface area contributed by atoms with E-state index in [0.29, 0.717) is 17.8 Å². The second-order valence-corrected chi connectivity index (χ2v) is 5.66. The lowest BCUT2D eigenvalue weighted by molar-refractivity contribution is 0.0955. The second-order valence-electron chi connectivity index (χ2n) is 5.66. The minimum Gasteiger partial charge on any atom is -0.397 e. The molecule has 0 bridgehead atoms. The summed E-state index contributed by atoms with van der Waals surface area (Å²) in [4.78, 5) is 13.9. The molecule has 5 nitrogen and oxygen atoms in total. The average Bonchev–Trinajstić information content (AvgIpc) is 2.47. The fourth-order valence-corrected chi connectivity index (χ4v) is 3.00. The number of rotatable bonds is 4. The van der Waals surface area contributed by atoms with Crippen molar-refractivity contribution in [2.75, 3.05) is 24.2 Å². The first-order valence-electron chi connectivity index (χ1n) is 7.63. The van der Waals surface area contributed by atoms with Gasteiger partial charge in [0.25, 0.3) is 5.91 Å². The highest BCUT2D eigenvalue weighted by molar-refractivity contribution is 5.96. The number of likely N-dealkylation sites (N-methyl/N-ethyl adjacent to an activating group) is 1. The van der Waals surface area contributed by atoms with Crippen LogP contribution < -0.4 is 16.0 Å². The summed E-state index contributed by atoms with van der Waals surface area (Å²) in [6, 6.07) is 5.44. The van der Waals surface area contributed by atoms with Gasteiger partial charge in [0, 0.05) is 19.2 Å². The summed E-state index contributed by atoms with van der Waals surface area (Å²) < 4.78 is 0. The first-order chi connectivity index (χ1) is 10.0. The van der Waals surface area contributed by atoms with Crippen molar-refractivity contribution in [3.8, 4) is 0 Å². The lowest BCUT2D eigenvalue weighted by Gasteiger charge is -2.37. The summed E-state index contributed by atoms with van der Waals surface area (Å²) >= 11 is 0. The number of benzene rings is 1. The summed E-state index contributed by atoms with van der Waals surface area (Å²) in [5.41, 5.74) is 8.11. The van der Waals surface area contributed by atoms with Gasteiger partial charge in [-0.25, -0.2) is 0 Å². The third-order valence-electron chi connectivity index (χ3n) is 4.20. The summed E-state index contributed by atoms with van der Waals surface area (Å²) in [5, 5.41) is 12.9. The number of nitrogens with one attached hydrogen (secondary N) is 1. The SMILES string of the molecule is CCNC(=O)c1ccc(N(C)C2CCCCC2O)c(N)c1. The van der Waals surface area contributed by atoms with E-state index in [2.05, 4.69) is 5.32 Å². The lowest BCUT2D eigenvalue weighted by Crippen LogP contribution is -2.43. The van der Waals surface area contributed by atoms with Crippen LogP contribution in [-0.4, -0.2) is 36.8 Å². The van der Waals surface area contributed by atoms with Crippen molar-refractivity contribution in [2.24, 2.45) is 0 Å². The Morgan fingerprint density at radius 3 is 2.76 bits per heavy atom. The molecule has 2 atom stereocenters. The van der Waals surface area contributed by atoms with Gasteiger partial charge in [0.05, 0.1) is 23.5 Å². The molecule has 0 radical (unpaired) electrons. The van der Waals surface area contributed by atoms with E-state index in [1.54, 1.807) is 12.1 Å². The first kappa shape index (κ1) is 15.6. The minimum atomic E-state index is -0.314. The molecule has 1 aliphatic rings. The Bertz CT molecular complexity index is 504. The number of nitrogens with zero attached hydrogens (tertiary/aromatic N) is 1. The fraction of sp³-hybridized carbons (Fsp3) is 0.562. The molecule has 1 aromatic rings. The van der Waals surface area contributed by atoms with Gasteiger partial charge >= 0.3 is 0 Å². The Balaban J connectivity index is 2.18. The lowest BCUT2D eigenvalue weighted by atomic mass is 9.91. The number of aliphatic hydroxyl groups excluding tert-OH is 1. The fourth-order valence-electron chi connectivity index (χ4n) is 3.00. The third kappa shape index (κ3) is 3.47. The van der Waals surface area contributed by atoms with Gasteiger partial charge in [-0.3, -0.25) is 4.79 Å². The monoisotopic (exact) mass is 291 g/mol.